The van der Waals surface area contributed by atoms with Crippen molar-refractivity contribution in [1.82, 2.24) is 4.72 Å². The van der Waals surface area contributed by atoms with Crippen LogP contribution in [0.2, 0.25) is 0 Å². The fourth-order valence-electron chi connectivity index (χ4n) is 1.70. The SMILES string of the molecule is CCC(C)C(C)NS(=O)(=O)c1cc(N)c(Br)cc1OC. The summed E-state index contributed by atoms with van der Waals surface area (Å²) in [7, 11) is -2.25. The summed E-state index contributed by atoms with van der Waals surface area (Å²) >= 11 is 3.25. The Morgan fingerprint density at radius 2 is 2.00 bits per heavy atom. The molecular formula is C13H21BrN2O3S. The van der Waals surface area contributed by atoms with Gasteiger partial charge >= 0.3 is 0 Å². The Kier molecular flexibility index (Phi) is 5.85. The predicted octanol–water partition coefficient (Wildman–Crippen LogP) is 2.75. The fraction of sp³-hybridized carbons (Fsp3) is 0.538. The smallest absolute Gasteiger partial charge is 0.244 e. The molecule has 1 aromatic rings. The van der Waals surface area contributed by atoms with Crippen molar-refractivity contribution in [3.8, 4) is 5.75 Å². The third-order valence-electron chi connectivity index (χ3n) is 3.41. The lowest BCUT2D eigenvalue weighted by Gasteiger charge is -2.21. The van der Waals surface area contributed by atoms with E-state index in [2.05, 4.69) is 20.7 Å². The van der Waals surface area contributed by atoms with E-state index in [4.69, 9.17) is 10.5 Å². The molecule has 7 heteroatoms. The highest BCUT2D eigenvalue weighted by Crippen LogP contribution is 2.32. The number of hydrogen-bond acceptors (Lipinski definition) is 4. The van der Waals surface area contributed by atoms with Gasteiger partial charge in [0, 0.05) is 16.2 Å². The fourth-order valence-corrected chi connectivity index (χ4v) is 3.56. The van der Waals surface area contributed by atoms with Gasteiger partial charge in [0.15, 0.2) is 0 Å². The van der Waals surface area contributed by atoms with Gasteiger partial charge in [-0.1, -0.05) is 20.3 Å². The van der Waals surface area contributed by atoms with Crippen molar-refractivity contribution >= 4 is 31.6 Å². The summed E-state index contributed by atoms with van der Waals surface area (Å²) in [6, 6.07) is 2.78. The summed E-state index contributed by atoms with van der Waals surface area (Å²) in [4.78, 5) is 0.0517. The van der Waals surface area contributed by atoms with Gasteiger partial charge in [-0.3, -0.25) is 0 Å². The Balaban J connectivity index is 3.19. The van der Waals surface area contributed by atoms with Gasteiger partial charge in [0.05, 0.1) is 7.11 Å². The molecule has 0 amide bonds. The molecule has 0 aliphatic heterocycles. The number of benzene rings is 1. The standard InChI is InChI=1S/C13H21BrN2O3S/c1-5-8(2)9(3)16-20(17,18)13-7-11(15)10(14)6-12(13)19-4/h6-9,16H,5,15H2,1-4H3. The van der Waals surface area contributed by atoms with Gasteiger partial charge in [-0.25, -0.2) is 13.1 Å². The molecule has 0 bridgehead atoms. The van der Waals surface area contributed by atoms with E-state index < -0.39 is 10.0 Å². The number of nitrogen functional groups attached to an aromatic ring is 1. The first-order valence-corrected chi connectivity index (χ1v) is 8.65. The molecule has 0 fully saturated rings. The number of halogens is 1. The molecule has 20 heavy (non-hydrogen) atoms. The Morgan fingerprint density at radius 1 is 1.40 bits per heavy atom. The van der Waals surface area contributed by atoms with Gasteiger partial charge in [0.25, 0.3) is 0 Å². The zero-order valence-electron chi connectivity index (χ0n) is 12.1. The average Bonchev–Trinajstić information content (AvgIpc) is 2.39. The van der Waals surface area contributed by atoms with Gasteiger partial charge < -0.3 is 10.5 Å². The van der Waals surface area contributed by atoms with Crippen LogP contribution in [-0.2, 0) is 10.0 Å². The van der Waals surface area contributed by atoms with E-state index in [-0.39, 0.29) is 22.6 Å². The van der Waals surface area contributed by atoms with Crippen molar-refractivity contribution in [1.29, 1.82) is 0 Å². The Morgan fingerprint density at radius 3 is 2.50 bits per heavy atom. The van der Waals surface area contributed by atoms with Crippen LogP contribution < -0.4 is 15.2 Å². The summed E-state index contributed by atoms with van der Waals surface area (Å²) in [6.07, 6.45) is 0.892. The first-order chi connectivity index (χ1) is 9.22. The molecule has 0 saturated carbocycles. The van der Waals surface area contributed by atoms with E-state index in [0.29, 0.717) is 10.2 Å². The monoisotopic (exact) mass is 364 g/mol. The number of anilines is 1. The van der Waals surface area contributed by atoms with E-state index >= 15 is 0 Å². The van der Waals surface area contributed by atoms with Crippen molar-refractivity contribution < 1.29 is 13.2 Å². The average molecular weight is 365 g/mol. The third-order valence-corrected chi connectivity index (χ3v) is 5.68. The van der Waals surface area contributed by atoms with Crippen LogP contribution in [0.1, 0.15) is 27.2 Å². The minimum atomic E-state index is -3.67. The van der Waals surface area contributed by atoms with Crippen LogP contribution in [0.4, 0.5) is 5.69 Å². The molecule has 2 unspecified atom stereocenters. The van der Waals surface area contributed by atoms with E-state index in [1.807, 2.05) is 20.8 Å². The highest BCUT2D eigenvalue weighted by molar-refractivity contribution is 9.10. The summed E-state index contributed by atoms with van der Waals surface area (Å²) < 4.78 is 33.3. The second kappa shape index (κ2) is 6.78. The molecule has 5 nitrogen and oxygen atoms in total. The number of ether oxygens (including phenoxy) is 1. The maximum atomic E-state index is 12.4. The summed E-state index contributed by atoms with van der Waals surface area (Å²) in [6.45, 7) is 5.87. The Bertz CT molecular complexity index is 575. The van der Waals surface area contributed by atoms with Crippen molar-refractivity contribution in [2.45, 2.75) is 38.1 Å². The van der Waals surface area contributed by atoms with Crippen molar-refractivity contribution in [3.05, 3.63) is 16.6 Å². The van der Waals surface area contributed by atoms with Crippen LogP contribution >= 0.6 is 15.9 Å². The maximum Gasteiger partial charge on any atom is 0.244 e. The van der Waals surface area contributed by atoms with Gasteiger partial charge in [-0.05, 0) is 40.9 Å². The second-order valence-corrected chi connectivity index (χ2v) is 7.36. The Hall–Kier alpha value is -0.790. The lowest BCUT2D eigenvalue weighted by molar-refractivity contribution is 0.399. The van der Waals surface area contributed by atoms with Crippen LogP contribution in [0.3, 0.4) is 0 Å². The van der Waals surface area contributed by atoms with Crippen LogP contribution in [0, 0.1) is 5.92 Å². The summed E-state index contributed by atoms with van der Waals surface area (Å²) in [5.41, 5.74) is 6.11. The highest BCUT2D eigenvalue weighted by Gasteiger charge is 2.24. The molecule has 3 N–H and O–H groups in total. The molecule has 0 spiro atoms. The van der Waals surface area contributed by atoms with E-state index in [1.54, 1.807) is 6.07 Å². The first-order valence-electron chi connectivity index (χ1n) is 6.38. The minimum absolute atomic E-state index is 0.0517. The van der Waals surface area contributed by atoms with Crippen LogP contribution in [-0.4, -0.2) is 21.6 Å². The third kappa shape index (κ3) is 3.86. The van der Waals surface area contributed by atoms with E-state index in [1.165, 1.54) is 13.2 Å². The highest BCUT2D eigenvalue weighted by atomic mass is 79.9. The van der Waals surface area contributed by atoms with Crippen molar-refractivity contribution in [2.75, 3.05) is 12.8 Å². The van der Waals surface area contributed by atoms with E-state index in [0.717, 1.165) is 6.42 Å². The zero-order chi connectivity index (χ0) is 15.5. The number of sulfonamides is 1. The molecule has 2 atom stereocenters. The lowest BCUT2D eigenvalue weighted by Crippen LogP contribution is -2.37. The normalized spacial score (nSPS) is 14.8. The number of methoxy groups -OCH3 is 1. The van der Waals surface area contributed by atoms with Gasteiger partial charge in [0.2, 0.25) is 10.0 Å². The van der Waals surface area contributed by atoms with Crippen molar-refractivity contribution in [3.63, 3.8) is 0 Å². The Labute approximate surface area is 129 Å². The molecule has 0 radical (unpaired) electrons. The number of nitrogens with one attached hydrogen (secondary N) is 1. The van der Waals surface area contributed by atoms with Crippen LogP contribution in [0.5, 0.6) is 5.75 Å². The van der Waals surface area contributed by atoms with Gasteiger partial charge in [-0.15, -0.1) is 0 Å². The maximum absolute atomic E-state index is 12.4. The first kappa shape index (κ1) is 17.3. The molecule has 0 saturated heterocycles. The zero-order valence-corrected chi connectivity index (χ0v) is 14.5. The number of rotatable bonds is 6. The lowest BCUT2D eigenvalue weighted by atomic mass is 10.0. The van der Waals surface area contributed by atoms with Gasteiger partial charge in [-0.2, -0.15) is 0 Å². The topological polar surface area (TPSA) is 81.4 Å². The molecule has 0 aliphatic rings. The molecule has 0 aliphatic carbocycles. The molecular weight excluding hydrogens is 344 g/mol. The molecule has 1 aromatic carbocycles. The van der Waals surface area contributed by atoms with Gasteiger partial charge in [0.1, 0.15) is 10.6 Å². The summed E-state index contributed by atoms with van der Waals surface area (Å²) in [5.74, 6) is 0.499. The predicted molar refractivity (Wildman–Crippen MR) is 84.3 cm³/mol. The minimum Gasteiger partial charge on any atom is -0.495 e. The second-order valence-electron chi connectivity index (χ2n) is 4.82. The molecule has 0 heterocycles. The van der Waals surface area contributed by atoms with Crippen LogP contribution in [0.25, 0.3) is 0 Å². The summed E-state index contributed by atoms with van der Waals surface area (Å²) in [5, 5.41) is 0. The molecule has 1 rings (SSSR count). The van der Waals surface area contributed by atoms with Crippen molar-refractivity contribution in [2.24, 2.45) is 5.92 Å². The largest absolute Gasteiger partial charge is 0.495 e. The van der Waals surface area contributed by atoms with E-state index in [9.17, 15) is 8.42 Å². The quantitative estimate of drug-likeness (QED) is 0.760. The molecule has 114 valence electrons. The van der Waals surface area contributed by atoms with Crippen LogP contribution in [0.15, 0.2) is 21.5 Å². The number of hydrogen-bond donors (Lipinski definition) is 2. The molecule has 0 aromatic heterocycles. The number of nitrogens with two attached hydrogens (primary N) is 1.